The molecule has 0 radical (unpaired) electrons. The van der Waals surface area contributed by atoms with Crippen LogP contribution in [0.15, 0.2) is 22.8 Å². The molecule has 1 heterocycles. The van der Waals surface area contributed by atoms with Crippen LogP contribution in [0.5, 0.6) is 0 Å². The average Bonchev–Trinajstić information content (AvgIpc) is 2.77. The van der Waals surface area contributed by atoms with Crippen LogP contribution in [0.3, 0.4) is 0 Å². The standard InChI is InChI=1S/C11H17NO3/c1-3-12(7-9-14-4-2)11(13)10-6-5-8-15-10/h5-6,8H,3-4,7,9H2,1-2H3. The molecular weight excluding hydrogens is 194 g/mol. The summed E-state index contributed by atoms with van der Waals surface area (Å²) in [6, 6.07) is 3.38. The Labute approximate surface area is 89.8 Å². The van der Waals surface area contributed by atoms with Gasteiger partial charge in [0.2, 0.25) is 0 Å². The van der Waals surface area contributed by atoms with Crippen LogP contribution in [0, 0.1) is 0 Å². The van der Waals surface area contributed by atoms with Crippen molar-refractivity contribution in [2.75, 3.05) is 26.3 Å². The molecule has 0 fully saturated rings. The van der Waals surface area contributed by atoms with Gasteiger partial charge in [-0.15, -0.1) is 0 Å². The largest absolute Gasteiger partial charge is 0.459 e. The topological polar surface area (TPSA) is 42.7 Å². The van der Waals surface area contributed by atoms with E-state index in [2.05, 4.69) is 0 Å². The predicted octanol–water partition coefficient (Wildman–Crippen LogP) is 1.78. The Morgan fingerprint density at radius 2 is 2.33 bits per heavy atom. The molecule has 1 aromatic rings. The van der Waals surface area contributed by atoms with Crippen LogP contribution < -0.4 is 0 Å². The maximum Gasteiger partial charge on any atom is 0.289 e. The Hall–Kier alpha value is -1.29. The molecule has 15 heavy (non-hydrogen) atoms. The molecule has 0 aliphatic rings. The maximum absolute atomic E-state index is 11.8. The Bertz CT molecular complexity index is 282. The molecule has 0 atom stereocenters. The van der Waals surface area contributed by atoms with E-state index in [-0.39, 0.29) is 5.91 Å². The molecule has 0 bridgehead atoms. The van der Waals surface area contributed by atoms with Gasteiger partial charge in [0.15, 0.2) is 5.76 Å². The Balaban J connectivity index is 2.47. The smallest absolute Gasteiger partial charge is 0.289 e. The Kier molecular flexibility index (Phi) is 4.90. The number of likely N-dealkylation sites (N-methyl/N-ethyl adjacent to an activating group) is 1. The summed E-state index contributed by atoms with van der Waals surface area (Å²) in [6.07, 6.45) is 1.50. The molecule has 0 N–H and O–H groups in total. The zero-order chi connectivity index (χ0) is 11.1. The van der Waals surface area contributed by atoms with Gasteiger partial charge in [-0.2, -0.15) is 0 Å². The third-order valence-corrected chi connectivity index (χ3v) is 2.11. The summed E-state index contributed by atoms with van der Waals surface area (Å²) in [5.74, 6) is 0.301. The van der Waals surface area contributed by atoms with Crippen molar-refractivity contribution < 1.29 is 13.9 Å². The number of hydrogen-bond donors (Lipinski definition) is 0. The van der Waals surface area contributed by atoms with E-state index in [1.165, 1.54) is 6.26 Å². The number of amides is 1. The van der Waals surface area contributed by atoms with Gasteiger partial charge in [-0.1, -0.05) is 0 Å². The van der Waals surface area contributed by atoms with Gasteiger partial charge >= 0.3 is 0 Å². The lowest BCUT2D eigenvalue weighted by Crippen LogP contribution is -2.33. The molecule has 1 rings (SSSR count). The van der Waals surface area contributed by atoms with E-state index in [4.69, 9.17) is 9.15 Å². The van der Waals surface area contributed by atoms with Crippen LogP contribution in [-0.2, 0) is 4.74 Å². The third-order valence-electron chi connectivity index (χ3n) is 2.11. The highest BCUT2D eigenvalue weighted by Gasteiger charge is 2.15. The maximum atomic E-state index is 11.8. The van der Waals surface area contributed by atoms with Crippen molar-refractivity contribution in [2.45, 2.75) is 13.8 Å². The summed E-state index contributed by atoms with van der Waals surface area (Å²) in [4.78, 5) is 13.5. The van der Waals surface area contributed by atoms with Crippen molar-refractivity contribution in [2.24, 2.45) is 0 Å². The summed E-state index contributed by atoms with van der Waals surface area (Å²) in [6.45, 7) is 6.37. The Morgan fingerprint density at radius 3 is 2.87 bits per heavy atom. The van der Waals surface area contributed by atoms with Crippen molar-refractivity contribution in [1.29, 1.82) is 0 Å². The molecular formula is C11H17NO3. The quantitative estimate of drug-likeness (QED) is 0.673. The van der Waals surface area contributed by atoms with E-state index in [1.54, 1.807) is 17.0 Å². The van der Waals surface area contributed by atoms with E-state index in [0.717, 1.165) is 0 Å². The highest BCUT2D eigenvalue weighted by molar-refractivity contribution is 5.91. The monoisotopic (exact) mass is 211 g/mol. The predicted molar refractivity (Wildman–Crippen MR) is 56.8 cm³/mol. The zero-order valence-electron chi connectivity index (χ0n) is 9.23. The summed E-state index contributed by atoms with van der Waals surface area (Å²) in [5.41, 5.74) is 0. The lowest BCUT2D eigenvalue weighted by atomic mass is 10.3. The molecule has 1 aromatic heterocycles. The minimum Gasteiger partial charge on any atom is -0.459 e. The molecule has 0 unspecified atom stereocenters. The molecule has 0 saturated heterocycles. The number of rotatable bonds is 6. The second-order valence-corrected chi connectivity index (χ2v) is 3.06. The van der Waals surface area contributed by atoms with Crippen LogP contribution in [-0.4, -0.2) is 37.1 Å². The molecule has 0 saturated carbocycles. The van der Waals surface area contributed by atoms with Gasteiger partial charge in [0.25, 0.3) is 5.91 Å². The average molecular weight is 211 g/mol. The molecule has 84 valence electrons. The molecule has 1 amide bonds. The molecule has 0 aromatic carbocycles. The molecule has 0 aliphatic carbocycles. The third kappa shape index (κ3) is 3.40. The molecule has 4 nitrogen and oxygen atoms in total. The number of nitrogens with zero attached hydrogens (tertiary/aromatic N) is 1. The number of hydrogen-bond acceptors (Lipinski definition) is 3. The highest BCUT2D eigenvalue weighted by Crippen LogP contribution is 2.05. The number of ether oxygens (including phenoxy) is 1. The van der Waals surface area contributed by atoms with E-state index in [1.807, 2.05) is 13.8 Å². The molecule has 4 heteroatoms. The van der Waals surface area contributed by atoms with Crippen molar-refractivity contribution in [1.82, 2.24) is 4.90 Å². The lowest BCUT2D eigenvalue weighted by Gasteiger charge is -2.19. The van der Waals surface area contributed by atoms with Gasteiger partial charge in [0, 0.05) is 19.7 Å². The number of carbonyl (C=O) groups is 1. The van der Waals surface area contributed by atoms with Gasteiger partial charge in [0.1, 0.15) is 0 Å². The van der Waals surface area contributed by atoms with E-state index in [0.29, 0.717) is 32.1 Å². The lowest BCUT2D eigenvalue weighted by molar-refractivity contribution is 0.0640. The second kappa shape index (κ2) is 6.24. The van der Waals surface area contributed by atoms with Crippen molar-refractivity contribution in [3.05, 3.63) is 24.2 Å². The van der Waals surface area contributed by atoms with Crippen molar-refractivity contribution in [3.63, 3.8) is 0 Å². The minimum atomic E-state index is -0.0813. The van der Waals surface area contributed by atoms with Gasteiger partial charge in [0.05, 0.1) is 12.9 Å². The van der Waals surface area contributed by atoms with E-state index >= 15 is 0 Å². The Morgan fingerprint density at radius 1 is 1.53 bits per heavy atom. The van der Waals surface area contributed by atoms with Crippen LogP contribution in [0.2, 0.25) is 0 Å². The first kappa shape index (κ1) is 11.8. The molecule has 0 spiro atoms. The van der Waals surface area contributed by atoms with Crippen molar-refractivity contribution >= 4 is 5.91 Å². The summed E-state index contributed by atoms with van der Waals surface area (Å²) in [7, 11) is 0. The van der Waals surface area contributed by atoms with Gasteiger partial charge in [-0.05, 0) is 26.0 Å². The summed E-state index contributed by atoms with van der Waals surface area (Å²) in [5, 5.41) is 0. The molecule has 0 aliphatic heterocycles. The minimum absolute atomic E-state index is 0.0813. The first-order valence-electron chi connectivity index (χ1n) is 5.20. The fraction of sp³-hybridized carbons (Fsp3) is 0.545. The second-order valence-electron chi connectivity index (χ2n) is 3.06. The first-order valence-corrected chi connectivity index (χ1v) is 5.20. The van der Waals surface area contributed by atoms with Gasteiger partial charge < -0.3 is 14.1 Å². The fourth-order valence-corrected chi connectivity index (χ4v) is 1.28. The number of carbonyl (C=O) groups excluding carboxylic acids is 1. The fourth-order valence-electron chi connectivity index (χ4n) is 1.28. The van der Waals surface area contributed by atoms with E-state index in [9.17, 15) is 4.79 Å². The van der Waals surface area contributed by atoms with Gasteiger partial charge in [-0.25, -0.2) is 0 Å². The zero-order valence-corrected chi connectivity index (χ0v) is 9.23. The highest BCUT2D eigenvalue weighted by atomic mass is 16.5. The first-order chi connectivity index (χ1) is 7.29. The van der Waals surface area contributed by atoms with Gasteiger partial charge in [-0.3, -0.25) is 4.79 Å². The normalized spacial score (nSPS) is 10.3. The van der Waals surface area contributed by atoms with Crippen LogP contribution in [0.4, 0.5) is 0 Å². The summed E-state index contributed by atoms with van der Waals surface area (Å²) >= 11 is 0. The van der Waals surface area contributed by atoms with Crippen LogP contribution >= 0.6 is 0 Å². The SMILES string of the molecule is CCOCCN(CC)C(=O)c1ccco1. The van der Waals surface area contributed by atoms with Crippen LogP contribution in [0.25, 0.3) is 0 Å². The number of furan rings is 1. The van der Waals surface area contributed by atoms with E-state index < -0.39 is 0 Å². The van der Waals surface area contributed by atoms with Crippen molar-refractivity contribution in [3.8, 4) is 0 Å². The van der Waals surface area contributed by atoms with Crippen LogP contribution in [0.1, 0.15) is 24.4 Å². The summed E-state index contributed by atoms with van der Waals surface area (Å²) < 4.78 is 10.3.